The lowest BCUT2D eigenvalue weighted by atomic mass is 9.67. The van der Waals surface area contributed by atoms with Gasteiger partial charge in [0.05, 0.1) is 0 Å². The van der Waals surface area contributed by atoms with E-state index in [4.69, 9.17) is 0 Å². The molecule has 0 heterocycles. The Hall–Kier alpha value is -0.850. The predicted molar refractivity (Wildman–Crippen MR) is 69.6 cm³/mol. The Bertz CT molecular complexity index is 321. The zero-order valence-electron chi connectivity index (χ0n) is 10.5. The first-order valence-corrected chi connectivity index (χ1v) is 7.23. The van der Waals surface area contributed by atoms with E-state index in [0.717, 1.165) is 25.7 Å². The average Bonchev–Trinajstić information content (AvgIpc) is 2.37. The van der Waals surface area contributed by atoms with Gasteiger partial charge >= 0.3 is 0 Å². The van der Waals surface area contributed by atoms with E-state index in [1.54, 1.807) is 0 Å². The number of carbonyl (C=O) groups is 1. The maximum Gasteiger partial charge on any atom is 0.140 e. The minimum atomic E-state index is 0.347. The molecule has 92 valence electrons. The maximum atomic E-state index is 12.7. The lowest BCUT2D eigenvalue weighted by molar-refractivity contribution is -0.130. The van der Waals surface area contributed by atoms with Gasteiger partial charge in [-0.15, -0.1) is 0 Å². The van der Waals surface area contributed by atoms with Crippen molar-refractivity contribution in [3.05, 3.63) is 24.3 Å². The molecule has 0 unspecified atom stereocenters. The van der Waals surface area contributed by atoms with Gasteiger partial charge in [0.1, 0.15) is 5.78 Å². The Morgan fingerprint density at radius 3 is 1.88 bits per heavy atom. The minimum Gasteiger partial charge on any atom is -0.299 e. The molecule has 0 aromatic carbocycles. The smallest absolute Gasteiger partial charge is 0.140 e. The predicted octanol–water partition coefficient (Wildman–Crippen LogP) is 3.90. The molecular weight excluding hydrogens is 208 g/mol. The molecule has 0 aliphatic heterocycles. The van der Waals surface area contributed by atoms with Crippen LogP contribution in [0.4, 0.5) is 0 Å². The molecule has 0 amide bonds. The topological polar surface area (TPSA) is 17.1 Å². The Kier molecular flexibility index (Phi) is 3.17. The number of rotatable bonds is 0. The van der Waals surface area contributed by atoms with Crippen LogP contribution < -0.4 is 0 Å². The first kappa shape index (κ1) is 11.3. The van der Waals surface area contributed by atoms with E-state index in [9.17, 15) is 4.79 Å². The molecule has 0 aromatic rings. The van der Waals surface area contributed by atoms with Crippen LogP contribution in [-0.2, 0) is 4.79 Å². The summed E-state index contributed by atoms with van der Waals surface area (Å²) in [6.45, 7) is 0. The van der Waals surface area contributed by atoms with Crippen LogP contribution in [-0.4, -0.2) is 5.78 Å². The molecule has 3 aliphatic carbocycles. The minimum absolute atomic E-state index is 0.347. The van der Waals surface area contributed by atoms with E-state index in [1.165, 1.54) is 19.3 Å². The first-order chi connectivity index (χ1) is 8.36. The number of ketones is 1. The third-order valence-corrected chi connectivity index (χ3v) is 4.89. The van der Waals surface area contributed by atoms with Crippen molar-refractivity contribution in [2.75, 3.05) is 0 Å². The maximum absolute atomic E-state index is 12.7. The molecule has 17 heavy (non-hydrogen) atoms. The van der Waals surface area contributed by atoms with Gasteiger partial charge in [-0.05, 0) is 50.4 Å². The van der Waals surface area contributed by atoms with Crippen molar-refractivity contribution in [2.45, 2.75) is 44.9 Å². The van der Waals surface area contributed by atoms with Crippen molar-refractivity contribution in [1.29, 1.82) is 0 Å². The number of carbonyl (C=O) groups excluding carboxylic acids is 1. The first-order valence-electron chi connectivity index (χ1n) is 7.23. The molecule has 4 atom stereocenters. The van der Waals surface area contributed by atoms with Gasteiger partial charge in [-0.1, -0.05) is 30.7 Å². The van der Waals surface area contributed by atoms with E-state index in [0.29, 0.717) is 29.5 Å². The third kappa shape index (κ3) is 2.12. The molecule has 3 rings (SSSR count). The van der Waals surface area contributed by atoms with Gasteiger partial charge in [0.2, 0.25) is 0 Å². The van der Waals surface area contributed by atoms with Crippen molar-refractivity contribution in [1.82, 2.24) is 0 Å². The highest BCUT2D eigenvalue weighted by atomic mass is 16.1. The molecule has 0 spiro atoms. The zero-order chi connectivity index (χ0) is 11.7. The summed E-state index contributed by atoms with van der Waals surface area (Å²) in [7, 11) is 0. The van der Waals surface area contributed by atoms with Gasteiger partial charge in [-0.25, -0.2) is 0 Å². The van der Waals surface area contributed by atoms with Crippen LogP contribution in [0.2, 0.25) is 0 Å². The number of Topliss-reactive ketones (excluding diaryl/α,β-unsaturated/α-hetero) is 1. The number of fused-ring (bicyclic) bond motifs is 2. The highest BCUT2D eigenvalue weighted by Gasteiger charge is 2.38. The quantitative estimate of drug-likeness (QED) is 0.577. The monoisotopic (exact) mass is 230 g/mol. The molecule has 0 saturated heterocycles. The molecule has 1 fully saturated rings. The van der Waals surface area contributed by atoms with Crippen LogP contribution in [0.1, 0.15) is 44.9 Å². The fraction of sp³-hybridized carbons (Fsp3) is 0.688. The molecule has 3 aliphatic rings. The van der Waals surface area contributed by atoms with Crippen molar-refractivity contribution in [3.63, 3.8) is 0 Å². The summed E-state index contributed by atoms with van der Waals surface area (Å²) in [4.78, 5) is 12.7. The normalized spacial score (nSPS) is 41.3. The zero-order valence-corrected chi connectivity index (χ0v) is 10.5. The standard InChI is InChI=1S/C16H22O/c17-16-14-10-3-1-6-12(14)8-5-9-13-7-2-4-11-15(13)16/h1-2,6-7,12-15H,3-5,8-11H2/t12-,13-,14-,15+/m0/s1. The summed E-state index contributed by atoms with van der Waals surface area (Å²) in [5, 5.41) is 0. The van der Waals surface area contributed by atoms with Gasteiger partial charge in [-0.3, -0.25) is 4.79 Å². The number of hydrogen-bond donors (Lipinski definition) is 0. The molecule has 0 N–H and O–H groups in total. The van der Waals surface area contributed by atoms with Gasteiger partial charge in [0.25, 0.3) is 0 Å². The molecule has 0 bridgehead atoms. The Morgan fingerprint density at radius 1 is 0.824 bits per heavy atom. The van der Waals surface area contributed by atoms with Gasteiger partial charge in [0.15, 0.2) is 0 Å². The lowest BCUT2D eigenvalue weighted by Crippen LogP contribution is -2.36. The van der Waals surface area contributed by atoms with Crippen molar-refractivity contribution in [2.24, 2.45) is 23.7 Å². The van der Waals surface area contributed by atoms with Crippen molar-refractivity contribution in [3.8, 4) is 0 Å². The summed E-state index contributed by atoms with van der Waals surface area (Å²) in [6, 6.07) is 0. The van der Waals surface area contributed by atoms with E-state index >= 15 is 0 Å². The van der Waals surface area contributed by atoms with E-state index in [2.05, 4.69) is 24.3 Å². The van der Waals surface area contributed by atoms with Gasteiger partial charge < -0.3 is 0 Å². The highest BCUT2D eigenvalue weighted by molar-refractivity contribution is 5.84. The summed E-state index contributed by atoms with van der Waals surface area (Å²) in [5.41, 5.74) is 0. The van der Waals surface area contributed by atoms with Crippen LogP contribution in [0.25, 0.3) is 0 Å². The van der Waals surface area contributed by atoms with Crippen LogP contribution in [0.3, 0.4) is 0 Å². The van der Waals surface area contributed by atoms with Crippen molar-refractivity contribution >= 4 is 5.78 Å². The van der Waals surface area contributed by atoms with E-state index < -0.39 is 0 Å². The van der Waals surface area contributed by atoms with Crippen LogP contribution in [0, 0.1) is 23.7 Å². The number of allylic oxidation sites excluding steroid dienone is 4. The van der Waals surface area contributed by atoms with E-state index in [1.807, 2.05) is 0 Å². The summed E-state index contributed by atoms with van der Waals surface area (Å²) < 4.78 is 0. The summed E-state index contributed by atoms with van der Waals surface area (Å²) in [6.07, 6.45) is 17.4. The third-order valence-electron chi connectivity index (χ3n) is 4.89. The lowest BCUT2D eigenvalue weighted by Gasteiger charge is -2.36. The second kappa shape index (κ2) is 4.80. The van der Waals surface area contributed by atoms with E-state index in [-0.39, 0.29) is 0 Å². The second-order valence-electron chi connectivity index (χ2n) is 5.88. The Labute approximate surface area is 104 Å². The van der Waals surface area contributed by atoms with Gasteiger partial charge in [-0.2, -0.15) is 0 Å². The van der Waals surface area contributed by atoms with Crippen LogP contribution >= 0.6 is 0 Å². The average molecular weight is 230 g/mol. The second-order valence-corrected chi connectivity index (χ2v) is 5.88. The molecule has 1 heteroatoms. The fourth-order valence-corrected chi connectivity index (χ4v) is 3.96. The Balaban J connectivity index is 1.85. The Morgan fingerprint density at radius 2 is 1.35 bits per heavy atom. The fourth-order valence-electron chi connectivity index (χ4n) is 3.96. The SMILES string of the molecule is O=C1[C@H]2CCC=C[C@H]2CCC[C@@H]2C=CCC[C@@H]12. The molecule has 1 nitrogen and oxygen atoms in total. The summed E-state index contributed by atoms with van der Waals surface area (Å²) in [5.74, 6) is 2.40. The van der Waals surface area contributed by atoms with Gasteiger partial charge in [0, 0.05) is 11.8 Å². The molecule has 1 saturated carbocycles. The van der Waals surface area contributed by atoms with Crippen LogP contribution in [0.15, 0.2) is 24.3 Å². The van der Waals surface area contributed by atoms with Crippen molar-refractivity contribution < 1.29 is 4.79 Å². The summed E-state index contributed by atoms with van der Waals surface area (Å²) >= 11 is 0. The molecule has 0 aromatic heterocycles. The molecule has 0 radical (unpaired) electrons. The van der Waals surface area contributed by atoms with Crippen LogP contribution in [0.5, 0.6) is 0 Å². The molecular formula is C16H22O. The largest absolute Gasteiger partial charge is 0.299 e. The number of hydrogen-bond acceptors (Lipinski definition) is 1. The highest BCUT2D eigenvalue weighted by Crippen LogP contribution is 2.40.